The summed E-state index contributed by atoms with van der Waals surface area (Å²) in [6.45, 7) is 0. The first kappa shape index (κ1) is 27.6. The number of rotatable bonds is 6. The van der Waals surface area contributed by atoms with Crippen molar-refractivity contribution in [3.8, 4) is 11.5 Å². The number of alkyl halides is 6. The lowest BCUT2D eigenvalue weighted by atomic mass is 10.1. The van der Waals surface area contributed by atoms with Gasteiger partial charge in [-0.3, -0.25) is 15.4 Å². The van der Waals surface area contributed by atoms with Crippen molar-refractivity contribution >= 4 is 29.5 Å². The molecule has 0 saturated heterocycles. The second kappa shape index (κ2) is 11.0. The number of carbonyl (C=O) groups excluding carboxylic acids is 2. The highest BCUT2D eigenvalue weighted by Crippen LogP contribution is 2.40. The smallest absolute Gasteiger partial charge is 0.416 e. The van der Waals surface area contributed by atoms with Gasteiger partial charge in [-0.2, -0.15) is 26.3 Å². The minimum Gasteiger partial charge on any atom is -0.496 e. The molecule has 2 aromatic carbocycles. The normalized spacial score (nSPS) is 11.6. The lowest BCUT2D eigenvalue weighted by Gasteiger charge is -2.14. The summed E-state index contributed by atoms with van der Waals surface area (Å²) < 4.78 is 88.6. The third-order valence-electron chi connectivity index (χ3n) is 4.66. The predicted molar refractivity (Wildman–Crippen MR) is 121 cm³/mol. The number of nitrogens with zero attached hydrogens (tertiary/aromatic N) is 1. The number of imide groups is 1. The second-order valence-corrected chi connectivity index (χ2v) is 8.32. The monoisotopic (exact) mass is 545 g/mol. The Labute approximate surface area is 210 Å². The van der Waals surface area contributed by atoms with Crippen molar-refractivity contribution in [1.29, 1.82) is 0 Å². The van der Waals surface area contributed by atoms with Crippen LogP contribution in [0.2, 0.25) is 0 Å². The fourth-order valence-corrected chi connectivity index (χ4v) is 3.91. The second-order valence-electron chi connectivity index (χ2n) is 7.17. The maximum absolute atomic E-state index is 13.1. The molecule has 1 aromatic heterocycles. The van der Waals surface area contributed by atoms with E-state index in [0.717, 1.165) is 6.20 Å². The van der Waals surface area contributed by atoms with E-state index in [1.165, 1.54) is 38.5 Å². The molecule has 37 heavy (non-hydrogen) atoms. The Balaban J connectivity index is 1.71. The van der Waals surface area contributed by atoms with Gasteiger partial charge in [0.15, 0.2) is 0 Å². The van der Waals surface area contributed by atoms with Crippen LogP contribution in [0.3, 0.4) is 0 Å². The lowest BCUT2D eigenvalue weighted by molar-refractivity contribution is -0.143. The molecule has 0 aliphatic heterocycles. The molecule has 0 saturated carbocycles. The van der Waals surface area contributed by atoms with E-state index in [0.29, 0.717) is 23.9 Å². The summed E-state index contributed by atoms with van der Waals surface area (Å²) in [5.74, 6) is -0.550. The number of pyridine rings is 1. The highest BCUT2D eigenvalue weighted by Gasteiger charge is 2.37. The van der Waals surface area contributed by atoms with E-state index in [2.05, 4.69) is 15.6 Å². The molecule has 0 aliphatic carbocycles. The van der Waals surface area contributed by atoms with E-state index in [1.54, 1.807) is 6.07 Å². The molecular formula is C23H17F6N3O4S. The zero-order chi connectivity index (χ0) is 27.4. The SMILES string of the molecule is COc1cccc(OC)c1C(=O)NC(=O)Nc1ccc(Sc2cc(C(F)(F)F)cc(C(F)(F)F)c2)cn1. The van der Waals surface area contributed by atoms with Crippen molar-refractivity contribution in [3.63, 3.8) is 0 Å². The number of hydrogen-bond donors (Lipinski definition) is 2. The van der Waals surface area contributed by atoms with Crippen molar-refractivity contribution in [3.05, 3.63) is 71.4 Å². The van der Waals surface area contributed by atoms with Crippen molar-refractivity contribution in [2.45, 2.75) is 22.1 Å². The Hall–Kier alpha value is -3.94. The van der Waals surface area contributed by atoms with Crippen LogP contribution in [-0.4, -0.2) is 31.1 Å². The number of carbonyl (C=O) groups is 2. The van der Waals surface area contributed by atoms with Crippen molar-refractivity contribution < 1.29 is 45.4 Å². The van der Waals surface area contributed by atoms with Crippen molar-refractivity contribution in [2.75, 3.05) is 19.5 Å². The molecule has 196 valence electrons. The van der Waals surface area contributed by atoms with E-state index < -0.39 is 35.4 Å². The number of benzene rings is 2. The van der Waals surface area contributed by atoms with Gasteiger partial charge in [0, 0.05) is 16.0 Å². The van der Waals surface area contributed by atoms with E-state index in [-0.39, 0.29) is 38.7 Å². The van der Waals surface area contributed by atoms with Gasteiger partial charge in [-0.25, -0.2) is 9.78 Å². The fraction of sp³-hybridized carbons (Fsp3) is 0.174. The molecule has 3 amide bonds. The van der Waals surface area contributed by atoms with Crippen LogP contribution in [0.15, 0.2) is 64.5 Å². The maximum atomic E-state index is 13.1. The molecule has 1 heterocycles. The number of halogens is 6. The fourth-order valence-electron chi connectivity index (χ4n) is 3.02. The number of urea groups is 1. The topological polar surface area (TPSA) is 89.5 Å². The quantitative estimate of drug-likeness (QED) is 0.356. The van der Waals surface area contributed by atoms with Crippen molar-refractivity contribution in [2.24, 2.45) is 0 Å². The van der Waals surface area contributed by atoms with Gasteiger partial charge in [0.25, 0.3) is 5.91 Å². The Morgan fingerprint density at radius 1 is 0.838 bits per heavy atom. The van der Waals surface area contributed by atoms with E-state index in [1.807, 2.05) is 0 Å². The highest BCUT2D eigenvalue weighted by molar-refractivity contribution is 7.99. The standard InChI is InChI=1S/C23H17F6N3O4S/c1-35-16-4-3-5-17(36-2)19(16)20(33)32-21(34)31-18-7-6-14(11-30-18)37-15-9-12(22(24,25)26)8-13(10-15)23(27,28)29/h3-11H,1-2H3,(H2,30,31,32,33,34). The van der Waals surface area contributed by atoms with E-state index in [4.69, 9.17) is 9.47 Å². The summed E-state index contributed by atoms with van der Waals surface area (Å²) in [6, 6.07) is 7.43. The molecule has 0 bridgehead atoms. The van der Waals surface area contributed by atoms with Gasteiger partial charge in [-0.15, -0.1) is 0 Å². The first-order chi connectivity index (χ1) is 17.3. The number of methoxy groups -OCH3 is 2. The van der Waals surface area contributed by atoms with Gasteiger partial charge in [0.05, 0.1) is 25.3 Å². The van der Waals surface area contributed by atoms with Gasteiger partial charge in [-0.05, 0) is 42.5 Å². The molecular weight excluding hydrogens is 528 g/mol. The van der Waals surface area contributed by atoms with Crippen LogP contribution in [0, 0.1) is 0 Å². The van der Waals surface area contributed by atoms with Gasteiger partial charge in [-0.1, -0.05) is 17.8 Å². The summed E-state index contributed by atoms with van der Waals surface area (Å²) in [4.78, 5) is 28.6. The number of amides is 3. The third-order valence-corrected chi connectivity index (χ3v) is 5.61. The van der Waals surface area contributed by atoms with Gasteiger partial charge < -0.3 is 9.47 Å². The lowest BCUT2D eigenvalue weighted by Crippen LogP contribution is -2.35. The number of nitrogens with one attached hydrogen (secondary N) is 2. The molecule has 0 fully saturated rings. The summed E-state index contributed by atoms with van der Waals surface area (Å²) >= 11 is 0.619. The summed E-state index contributed by atoms with van der Waals surface area (Å²) in [5.41, 5.74) is -2.91. The van der Waals surface area contributed by atoms with E-state index >= 15 is 0 Å². The minimum absolute atomic E-state index is 0.0262. The molecule has 0 spiro atoms. The first-order valence-corrected chi connectivity index (χ1v) is 10.9. The van der Waals surface area contributed by atoms with Crippen LogP contribution in [0.25, 0.3) is 0 Å². The summed E-state index contributed by atoms with van der Waals surface area (Å²) in [7, 11) is 2.66. The van der Waals surface area contributed by atoms with Crippen LogP contribution in [-0.2, 0) is 12.4 Å². The molecule has 0 aliphatic rings. The van der Waals surface area contributed by atoms with Crippen LogP contribution in [0.4, 0.5) is 37.0 Å². The van der Waals surface area contributed by atoms with Crippen LogP contribution in [0.5, 0.6) is 11.5 Å². The molecule has 2 N–H and O–H groups in total. The number of anilines is 1. The molecule has 3 aromatic rings. The highest BCUT2D eigenvalue weighted by atomic mass is 32.2. The summed E-state index contributed by atoms with van der Waals surface area (Å²) in [6.07, 6.45) is -8.80. The number of hydrogen-bond acceptors (Lipinski definition) is 6. The minimum atomic E-state index is -4.97. The zero-order valence-electron chi connectivity index (χ0n) is 19.0. The summed E-state index contributed by atoms with van der Waals surface area (Å²) in [5, 5.41) is 4.38. The molecule has 14 heteroatoms. The Kier molecular flexibility index (Phi) is 8.21. The molecule has 0 atom stereocenters. The van der Waals surface area contributed by atoms with Crippen molar-refractivity contribution in [1.82, 2.24) is 10.3 Å². The van der Waals surface area contributed by atoms with Crippen LogP contribution in [0.1, 0.15) is 21.5 Å². The average molecular weight is 545 g/mol. The Morgan fingerprint density at radius 2 is 1.41 bits per heavy atom. The van der Waals surface area contributed by atoms with Gasteiger partial charge in [0.1, 0.15) is 22.9 Å². The molecule has 0 unspecified atom stereocenters. The number of aromatic nitrogens is 1. The molecule has 7 nitrogen and oxygen atoms in total. The van der Waals surface area contributed by atoms with Crippen LogP contribution >= 0.6 is 11.8 Å². The van der Waals surface area contributed by atoms with E-state index in [9.17, 15) is 35.9 Å². The predicted octanol–water partition coefficient (Wildman–Crippen LogP) is 6.25. The molecule has 0 radical (unpaired) electrons. The van der Waals surface area contributed by atoms with Gasteiger partial charge in [0.2, 0.25) is 0 Å². The Morgan fingerprint density at radius 3 is 1.86 bits per heavy atom. The number of ether oxygens (including phenoxy) is 2. The van der Waals surface area contributed by atoms with Crippen LogP contribution < -0.4 is 20.1 Å². The van der Waals surface area contributed by atoms with Gasteiger partial charge >= 0.3 is 18.4 Å². The zero-order valence-corrected chi connectivity index (χ0v) is 19.8. The first-order valence-electron chi connectivity index (χ1n) is 10.1. The molecule has 3 rings (SSSR count). The third kappa shape index (κ3) is 7.06. The Bertz CT molecular complexity index is 1240. The average Bonchev–Trinajstić information content (AvgIpc) is 2.83. The maximum Gasteiger partial charge on any atom is 0.416 e. The largest absolute Gasteiger partial charge is 0.496 e.